The summed E-state index contributed by atoms with van der Waals surface area (Å²) in [6.45, 7) is 6.43. The summed E-state index contributed by atoms with van der Waals surface area (Å²) in [5.74, 6) is 0.0491. The van der Waals surface area contributed by atoms with E-state index < -0.39 is 0 Å². The summed E-state index contributed by atoms with van der Waals surface area (Å²) in [6, 6.07) is 25.8. The Kier molecular flexibility index (Phi) is 7.60. The fourth-order valence-corrected chi connectivity index (χ4v) is 3.49. The number of benzene rings is 3. The third-order valence-electron chi connectivity index (χ3n) is 5.35. The minimum Gasteiger partial charge on any atom is -0.349 e. The van der Waals surface area contributed by atoms with Crippen molar-refractivity contribution in [3.8, 4) is 0 Å². The van der Waals surface area contributed by atoms with Crippen LogP contribution in [0.2, 0.25) is 0 Å². The molecule has 0 radical (unpaired) electrons. The van der Waals surface area contributed by atoms with Crippen LogP contribution in [0.4, 0.5) is 5.69 Å². The number of carbonyl (C=O) groups excluding carboxylic acids is 2. The number of hydrogen-bond donors (Lipinski definition) is 1. The molecule has 4 heteroatoms. The van der Waals surface area contributed by atoms with Crippen molar-refractivity contribution in [2.45, 2.75) is 46.2 Å². The van der Waals surface area contributed by atoms with Crippen LogP contribution in [0.1, 0.15) is 48.6 Å². The van der Waals surface area contributed by atoms with Crippen LogP contribution in [-0.4, -0.2) is 11.8 Å². The average molecular weight is 415 g/mol. The average Bonchev–Trinajstić information content (AvgIpc) is 2.79. The zero-order valence-corrected chi connectivity index (χ0v) is 18.5. The molecule has 0 spiro atoms. The molecule has 0 bridgehead atoms. The smallest absolute Gasteiger partial charge is 0.227 e. The van der Waals surface area contributed by atoms with Crippen molar-refractivity contribution >= 4 is 17.5 Å². The van der Waals surface area contributed by atoms with Crippen molar-refractivity contribution in [1.29, 1.82) is 0 Å². The Bertz CT molecular complexity index is 996. The fraction of sp³-hybridized carbons (Fsp3) is 0.259. The molecule has 0 aliphatic rings. The molecule has 0 fully saturated rings. The second-order valence-corrected chi connectivity index (χ2v) is 7.86. The van der Waals surface area contributed by atoms with Gasteiger partial charge in [-0.3, -0.25) is 9.59 Å². The number of aryl methyl sites for hydroxylation is 1. The van der Waals surface area contributed by atoms with E-state index in [1.54, 1.807) is 4.90 Å². The van der Waals surface area contributed by atoms with Crippen molar-refractivity contribution in [3.63, 3.8) is 0 Å². The van der Waals surface area contributed by atoms with E-state index in [0.29, 0.717) is 19.4 Å². The van der Waals surface area contributed by atoms with Gasteiger partial charge >= 0.3 is 0 Å². The SMILES string of the molecule is CCC(=O)N(Cc1ccc(C)cc1)c1ccc(CC(=O)N[C@H](C)c2ccccc2)cc1. The van der Waals surface area contributed by atoms with Gasteiger partial charge < -0.3 is 10.2 Å². The monoisotopic (exact) mass is 414 g/mol. The summed E-state index contributed by atoms with van der Waals surface area (Å²) in [5.41, 5.74) is 5.12. The van der Waals surface area contributed by atoms with Crippen LogP contribution in [-0.2, 0) is 22.6 Å². The van der Waals surface area contributed by atoms with Gasteiger partial charge in [0.2, 0.25) is 11.8 Å². The summed E-state index contributed by atoms with van der Waals surface area (Å²) >= 11 is 0. The van der Waals surface area contributed by atoms with Crippen molar-refractivity contribution in [3.05, 3.63) is 101 Å². The van der Waals surface area contributed by atoms with E-state index in [1.165, 1.54) is 5.56 Å². The molecule has 0 unspecified atom stereocenters. The lowest BCUT2D eigenvalue weighted by Gasteiger charge is -2.23. The topological polar surface area (TPSA) is 49.4 Å². The van der Waals surface area contributed by atoms with Crippen LogP contribution >= 0.6 is 0 Å². The molecule has 1 N–H and O–H groups in total. The van der Waals surface area contributed by atoms with Crippen molar-refractivity contribution in [2.75, 3.05) is 4.90 Å². The van der Waals surface area contributed by atoms with Gasteiger partial charge in [-0.25, -0.2) is 0 Å². The molecule has 0 aliphatic carbocycles. The molecule has 1 atom stereocenters. The Morgan fingerprint density at radius 2 is 1.48 bits per heavy atom. The molecule has 3 rings (SSSR count). The molecule has 0 saturated carbocycles. The highest BCUT2D eigenvalue weighted by atomic mass is 16.2. The number of hydrogen-bond acceptors (Lipinski definition) is 2. The van der Waals surface area contributed by atoms with Gasteiger partial charge in [0.05, 0.1) is 19.0 Å². The summed E-state index contributed by atoms with van der Waals surface area (Å²) in [6.07, 6.45) is 0.741. The maximum Gasteiger partial charge on any atom is 0.227 e. The van der Waals surface area contributed by atoms with Crippen LogP contribution in [0.15, 0.2) is 78.9 Å². The number of rotatable bonds is 8. The molecule has 2 amide bonds. The molecular formula is C27H30N2O2. The van der Waals surface area contributed by atoms with E-state index in [9.17, 15) is 9.59 Å². The Morgan fingerprint density at radius 1 is 0.871 bits per heavy atom. The van der Waals surface area contributed by atoms with Gasteiger partial charge in [-0.05, 0) is 42.7 Å². The van der Waals surface area contributed by atoms with Gasteiger partial charge in [-0.1, -0.05) is 79.2 Å². The highest BCUT2D eigenvalue weighted by Crippen LogP contribution is 2.20. The minimum atomic E-state index is -0.0415. The van der Waals surface area contributed by atoms with Gasteiger partial charge in [0, 0.05) is 12.1 Å². The largest absolute Gasteiger partial charge is 0.349 e. The number of nitrogens with one attached hydrogen (secondary N) is 1. The fourth-order valence-electron chi connectivity index (χ4n) is 3.49. The van der Waals surface area contributed by atoms with E-state index in [1.807, 2.05) is 75.4 Å². The first-order chi connectivity index (χ1) is 15.0. The molecule has 0 aromatic heterocycles. The van der Waals surface area contributed by atoms with E-state index in [-0.39, 0.29) is 17.9 Å². The highest BCUT2D eigenvalue weighted by Gasteiger charge is 2.15. The second-order valence-electron chi connectivity index (χ2n) is 7.86. The van der Waals surface area contributed by atoms with E-state index in [4.69, 9.17) is 0 Å². The number of carbonyl (C=O) groups is 2. The molecule has 4 nitrogen and oxygen atoms in total. The first-order valence-corrected chi connectivity index (χ1v) is 10.8. The maximum absolute atomic E-state index is 12.6. The first-order valence-electron chi connectivity index (χ1n) is 10.8. The zero-order valence-electron chi connectivity index (χ0n) is 18.5. The lowest BCUT2D eigenvalue weighted by molar-refractivity contribution is -0.121. The third-order valence-corrected chi connectivity index (χ3v) is 5.35. The van der Waals surface area contributed by atoms with Gasteiger partial charge in [-0.2, -0.15) is 0 Å². The Hall–Kier alpha value is -3.40. The van der Waals surface area contributed by atoms with E-state index in [0.717, 1.165) is 22.4 Å². The van der Waals surface area contributed by atoms with Gasteiger partial charge in [0.1, 0.15) is 0 Å². The summed E-state index contributed by atoms with van der Waals surface area (Å²) in [7, 11) is 0. The molecule has 31 heavy (non-hydrogen) atoms. The van der Waals surface area contributed by atoms with Gasteiger partial charge in [0.15, 0.2) is 0 Å². The predicted molar refractivity (Wildman–Crippen MR) is 126 cm³/mol. The quantitative estimate of drug-likeness (QED) is 0.540. The summed E-state index contributed by atoms with van der Waals surface area (Å²) in [5, 5.41) is 3.04. The predicted octanol–water partition coefficient (Wildman–Crippen LogP) is 5.36. The van der Waals surface area contributed by atoms with Gasteiger partial charge in [-0.15, -0.1) is 0 Å². The minimum absolute atomic E-state index is 0.0229. The number of amides is 2. The molecule has 0 aliphatic heterocycles. The van der Waals surface area contributed by atoms with Gasteiger partial charge in [0.25, 0.3) is 0 Å². The molecular weight excluding hydrogens is 384 g/mol. The Labute approximate surface area is 184 Å². The normalized spacial score (nSPS) is 11.6. The number of anilines is 1. The van der Waals surface area contributed by atoms with E-state index >= 15 is 0 Å². The third kappa shape index (κ3) is 6.29. The molecule has 3 aromatic carbocycles. The highest BCUT2D eigenvalue weighted by molar-refractivity contribution is 5.93. The van der Waals surface area contributed by atoms with Crippen LogP contribution in [0.5, 0.6) is 0 Å². The van der Waals surface area contributed by atoms with Crippen LogP contribution in [0.25, 0.3) is 0 Å². The van der Waals surface area contributed by atoms with Crippen molar-refractivity contribution in [2.24, 2.45) is 0 Å². The van der Waals surface area contributed by atoms with Crippen LogP contribution in [0.3, 0.4) is 0 Å². The molecule has 0 saturated heterocycles. The lowest BCUT2D eigenvalue weighted by Crippen LogP contribution is -2.30. The molecule has 0 heterocycles. The first kappa shape index (κ1) is 22.3. The summed E-state index contributed by atoms with van der Waals surface area (Å²) < 4.78 is 0. The molecule has 160 valence electrons. The maximum atomic E-state index is 12.6. The second kappa shape index (κ2) is 10.6. The lowest BCUT2D eigenvalue weighted by atomic mass is 10.1. The number of nitrogens with zero attached hydrogens (tertiary/aromatic N) is 1. The Morgan fingerprint density at radius 3 is 2.10 bits per heavy atom. The van der Waals surface area contributed by atoms with Crippen molar-refractivity contribution in [1.82, 2.24) is 5.32 Å². The summed E-state index contributed by atoms with van der Waals surface area (Å²) in [4.78, 5) is 26.8. The van der Waals surface area contributed by atoms with E-state index in [2.05, 4.69) is 29.6 Å². The Balaban J connectivity index is 1.65. The van der Waals surface area contributed by atoms with Crippen LogP contribution < -0.4 is 10.2 Å². The standard InChI is InChI=1S/C27H30N2O2/c1-4-27(31)29(19-23-12-10-20(2)11-13-23)25-16-14-22(15-17-25)18-26(30)28-21(3)24-8-6-5-7-9-24/h5-17,21H,4,18-19H2,1-3H3,(H,28,30)/t21-/m1/s1. The van der Waals surface area contributed by atoms with Crippen molar-refractivity contribution < 1.29 is 9.59 Å². The zero-order chi connectivity index (χ0) is 22.2. The van der Waals surface area contributed by atoms with Crippen LogP contribution in [0, 0.1) is 6.92 Å². The molecule has 3 aromatic rings.